The first-order valence-corrected chi connectivity index (χ1v) is 14.1. The second-order valence-corrected chi connectivity index (χ2v) is 11.8. The Balaban J connectivity index is 1.14. The molecule has 0 spiro atoms. The molecule has 0 aliphatic heterocycles. The van der Waals surface area contributed by atoms with Gasteiger partial charge in [0, 0.05) is 40.9 Å². The number of rotatable bonds is 8. The summed E-state index contributed by atoms with van der Waals surface area (Å²) in [6, 6.07) is 4.24. The van der Waals surface area contributed by atoms with Gasteiger partial charge in [0.2, 0.25) is 0 Å². The molecular weight excluding hydrogens is 558 g/mol. The van der Waals surface area contributed by atoms with E-state index < -0.39 is 18.4 Å². The van der Waals surface area contributed by atoms with E-state index in [9.17, 15) is 9.18 Å². The summed E-state index contributed by atoms with van der Waals surface area (Å²) >= 11 is 12.9. The van der Waals surface area contributed by atoms with Crippen molar-refractivity contribution in [2.75, 3.05) is 6.61 Å². The number of fused-ring (bicyclic) bond motifs is 3. The van der Waals surface area contributed by atoms with Gasteiger partial charge in [-0.15, -0.1) is 0 Å². The van der Waals surface area contributed by atoms with Crippen LogP contribution in [0.4, 0.5) is 4.39 Å². The lowest BCUT2D eigenvalue weighted by Gasteiger charge is -2.51. The highest BCUT2D eigenvalue weighted by atomic mass is 35.5. The highest BCUT2D eigenvalue weighted by molar-refractivity contribution is 6.38. The first-order valence-electron chi connectivity index (χ1n) is 13.4. The Morgan fingerprint density at radius 1 is 1.12 bits per heavy atom. The number of aromatic nitrogens is 2. The van der Waals surface area contributed by atoms with E-state index in [1.54, 1.807) is 12.4 Å². The third kappa shape index (κ3) is 5.43. The fourth-order valence-corrected chi connectivity index (χ4v) is 6.32. The Kier molecular flexibility index (Phi) is 7.24. The zero-order valence-electron chi connectivity index (χ0n) is 21.6. The van der Waals surface area contributed by atoms with Crippen molar-refractivity contribution in [3.8, 4) is 28.8 Å². The summed E-state index contributed by atoms with van der Waals surface area (Å²) in [6.07, 6.45) is 10.4. The molecule has 4 fully saturated rings. The molecule has 7 nitrogen and oxygen atoms in total. The third-order valence-electron chi connectivity index (χ3n) is 8.32. The van der Waals surface area contributed by atoms with Gasteiger partial charge in [-0.2, -0.15) is 0 Å². The van der Waals surface area contributed by atoms with Gasteiger partial charge in [-0.05, 0) is 63.5 Å². The van der Waals surface area contributed by atoms with Crippen LogP contribution in [0.5, 0.6) is 5.75 Å². The monoisotopic (exact) mass is 584 g/mol. The molecule has 4 aliphatic carbocycles. The molecule has 0 saturated heterocycles. The summed E-state index contributed by atoms with van der Waals surface area (Å²) in [5.41, 5.74) is 1.98. The van der Waals surface area contributed by atoms with Crippen molar-refractivity contribution in [1.29, 1.82) is 0 Å². The lowest BCUT2D eigenvalue weighted by molar-refractivity contribution is -0.139. The van der Waals surface area contributed by atoms with Gasteiger partial charge in [-0.3, -0.25) is 4.98 Å². The van der Waals surface area contributed by atoms with Gasteiger partial charge in [0.25, 0.3) is 0 Å². The smallest absolute Gasteiger partial charge is 0.341 e. The van der Waals surface area contributed by atoms with Gasteiger partial charge in [0.05, 0.1) is 27.8 Å². The number of hydrogen-bond donors (Lipinski definition) is 1. The Morgan fingerprint density at radius 3 is 2.45 bits per heavy atom. The normalized spacial score (nSPS) is 23.5. The molecule has 10 heteroatoms. The zero-order valence-corrected chi connectivity index (χ0v) is 23.2. The number of carboxylic acid groups (broad SMARTS) is 1. The molecule has 2 aromatic heterocycles. The average Bonchev–Trinajstić information content (AvgIpc) is 3.71. The van der Waals surface area contributed by atoms with Gasteiger partial charge in [-0.25, -0.2) is 9.18 Å². The topological polar surface area (TPSA) is 94.7 Å². The summed E-state index contributed by atoms with van der Waals surface area (Å²) in [5, 5.41) is 13.9. The van der Waals surface area contributed by atoms with Crippen LogP contribution >= 0.6 is 23.2 Å². The van der Waals surface area contributed by atoms with Crippen molar-refractivity contribution in [2.45, 2.75) is 69.5 Å². The minimum Gasteiger partial charge on any atom is -0.482 e. The standard InChI is InChI=1S/C30H27Cl2FN2O5/c31-22-14-34-15-23(32)26(22)27-21(28(40-35-27)19-1-2-19)16-39-30-10-7-29(8-11-30,9-12-30)6-5-18-3-4-20(13-24(18)33)38-17-25(36)37/h3-4,13-15,19H,1-2,7-12,16-17H2,(H,36,37). The number of carboxylic acids is 1. The first-order chi connectivity index (χ1) is 19.3. The number of carbonyl (C=O) groups is 1. The fourth-order valence-electron chi connectivity index (χ4n) is 5.77. The largest absolute Gasteiger partial charge is 0.482 e. The summed E-state index contributed by atoms with van der Waals surface area (Å²) in [7, 11) is 0. The zero-order chi connectivity index (χ0) is 27.9. The van der Waals surface area contributed by atoms with E-state index in [1.165, 1.54) is 18.2 Å². The van der Waals surface area contributed by atoms with E-state index in [1.807, 2.05) is 0 Å². The van der Waals surface area contributed by atoms with Crippen LogP contribution in [0.2, 0.25) is 10.0 Å². The van der Waals surface area contributed by atoms with E-state index in [-0.39, 0.29) is 22.3 Å². The summed E-state index contributed by atoms with van der Waals surface area (Å²) in [6.45, 7) is -0.164. The number of halogens is 3. The Hall–Kier alpha value is -3.12. The maximum Gasteiger partial charge on any atom is 0.341 e. The molecule has 1 aromatic carbocycles. The number of aliphatic carboxylic acids is 1. The molecule has 4 saturated carbocycles. The molecular formula is C30H27Cl2FN2O5. The van der Waals surface area contributed by atoms with Crippen LogP contribution in [0.25, 0.3) is 11.3 Å². The van der Waals surface area contributed by atoms with Gasteiger partial charge >= 0.3 is 5.97 Å². The Labute approximate surface area is 241 Å². The van der Waals surface area contributed by atoms with Crippen molar-refractivity contribution >= 4 is 29.2 Å². The van der Waals surface area contributed by atoms with Gasteiger partial charge < -0.3 is 19.1 Å². The number of pyridine rings is 1. The summed E-state index contributed by atoms with van der Waals surface area (Å²) in [4.78, 5) is 14.7. The predicted molar refractivity (Wildman–Crippen MR) is 146 cm³/mol. The summed E-state index contributed by atoms with van der Waals surface area (Å²) in [5.74, 6) is 6.11. The van der Waals surface area contributed by atoms with E-state index >= 15 is 0 Å². The molecule has 2 heterocycles. The highest BCUT2D eigenvalue weighted by Crippen LogP contribution is 2.54. The van der Waals surface area contributed by atoms with E-state index in [0.29, 0.717) is 33.8 Å². The molecule has 4 aliphatic rings. The molecule has 0 radical (unpaired) electrons. The Bertz CT molecular complexity index is 1480. The van der Waals surface area contributed by atoms with E-state index in [0.717, 1.165) is 62.7 Å². The van der Waals surface area contributed by atoms with Crippen LogP contribution < -0.4 is 4.74 Å². The van der Waals surface area contributed by atoms with Crippen molar-refractivity contribution in [1.82, 2.24) is 10.1 Å². The minimum atomic E-state index is -1.12. The van der Waals surface area contributed by atoms with Crippen molar-refractivity contribution in [2.24, 2.45) is 5.41 Å². The summed E-state index contributed by atoms with van der Waals surface area (Å²) < 4.78 is 32.1. The van der Waals surface area contributed by atoms with Crippen LogP contribution in [0, 0.1) is 23.1 Å². The quantitative estimate of drug-likeness (QED) is 0.280. The molecule has 0 unspecified atom stereocenters. The van der Waals surface area contributed by atoms with E-state index in [2.05, 4.69) is 22.0 Å². The van der Waals surface area contributed by atoms with E-state index in [4.69, 9.17) is 42.3 Å². The SMILES string of the molecule is O=C(O)COc1ccc(C#CC23CCC(OCc4c(-c5c(Cl)cncc5Cl)noc4C4CC4)(CC2)CC3)c(F)c1. The molecule has 0 amide bonds. The van der Waals surface area contributed by atoms with Crippen LogP contribution in [0.15, 0.2) is 35.1 Å². The molecule has 2 bridgehead atoms. The third-order valence-corrected chi connectivity index (χ3v) is 8.90. The Morgan fingerprint density at radius 2 is 1.82 bits per heavy atom. The predicted octanol–water partition coefficient (Wildman–Crippen LogP) is 7.18. The number of benzene rings is 1. The average molecular weight is 585 g/mol. The first kappa shape index (κ1) is 27.1. The second-order valence-electron chi connectivity index (χ2n) is 11.0. The van der Waals surface area contributed by atoms with Crippen LogP contribution in [-0.4, -0.2) is 33.4 Å². The number of ether oxygens (including phenoxy) is 2. The molecule has 40 heavy (non-hydrogen) atoms. The number of hydrogen-bond acceptors (Lipinski definition) is 6. The fraction of sp³-hybridized carbons (Fsp3) is 0.433. The minimum absolute atomic E-state index is 0.162. The van der Waals surface area contributed by atoms with Gasteiger partial charge in [0.15, 0.2) is 6.61 Å². The van der Waals surface area contributed by atoms with Gasteiger partial charge in [0.1, 0.15) is 23.0 Å². The van der Waals surface area contributed by atoms with Gasteiger partial charge in [-0.1, -0.05) is 40.2 Å². The lowest BCUT2D eigenvalue weighted by atomic mass is 9.59. The second kappa shape index (κ2) is 10.7. The number of nitrogens with zero attached hydrogens (tertiary/aromatic N) is 2. The van der Waals surface area contributed by atoms with Crippen LogP contribution in [0.1, 0.15) is 74.2 Å². The van der Waals surface area contributed by atoms with Crippen LogP contribution in [-0.2, 0) is 16.1 Å². The molecule has 3 aromatic rings. The molecule has 1 N–H and O–H groups in total. The van der Waals surface area contributed by atoms with Crippen LogP contribution in [0.3, 0.4) is 0 Å². The van der Waals surface area contributed by atoms with Crippen molar-refractivity contribution in [3.05, 3.63) is 63.3 Å². The van der Waals surface area contributed by atoms with Crippen molar-refractivity contribution < 1.29 is 28.3 Å². The maximum absolute atomic E-state index is 14.6. The molecule has 208 valence electrons. The molecule has 0 atom stereocenters. The molecule has 7 rings (SSSR count). The lowest BCUT2D eigenvalue weighted by Crippen LogP contribution is -2.47. The van der Waals surface area contributed by atoms with Crippen molar-refractivity contribution in [3.63, 3.8) is 0 Å². The highest BCUT2D eigenvalue weighted by Gasteiger charge is 2.49. The maximum atomic E-state index is 14.6.